The van der Waals surface area contributed by atoms with Crippen molar-refractivity contribution in [1.29, 1.82) is 0 Å². The average molecular weight is 401 g/mol. The highest BCUT2D eigenvalue weighted by molar-refractivity contribution is 5.98. The zero-order chi connectivity index (χ0) is 21.1. The van der Waals surface area contributed by atoms with Crippen LogP contribution >= 0.6 is 0 Å². The van der Waals surface area contributed by atoms with Gasteiger partial charge in [-0.25, -0.2) is 15.0 Å². The van der Waals surface area contributed by atoms with Crippen molar-refractivity contribution in [3.63, 3.8) is 0 Å². The highest BCUT2D eigenvalue weighted by Gasteiger charge is 2.15. The van der Waals surface area contributed by atoms with Gasteiger partial charge in [0.15, 0.2) is 0 Å². The number of rotatable bonds is 6. The summed E-state index contributed by atoms with van der Waals surface area (Å²) in [6, 6.07) is 15.5. The minimum absolute atomic E-state index is 0.192. The number of nitrogens with two attached hydrogens (primary N) is 1. The van der Waals surface area contributed by atoms with Gasteiger partial charge in [0.05, 0.1) is 17.4 Å². The number of pyridine rings is 1. The number of benzene rings is 2. The van der Waals surface area contributed by atoms with Crippen molar-refractivity contribution in [1.82, 2.24) is 15.0 Å². The molecule has 1 atom stereocenters. The number of nitrogen functional groups attached to an aromatic ring is 1. The molecule has 2 heterocycles. The molecule has 0 aliphatic carbocycles. The van der Waals surface area contributed by atoms with Crippen molar-refractivity contribution in [3.8, 4) is 22.9 Å². The molecule has 0 fully saturated rings. The van der Waals surface area contributed by atoms with E-state index in [1.165, 1.54) is 0 Å². The predicted molar refractivity (Wildman–Crippen MR) is 119 cm³/mol. The topological polar surface area (TPSA) is 106 Å². The summed E-state index contributed by atoms with van der Waals surface area (Å²) < 4.78 is 6.34. The Morgan fingerprint density at radius 1 is 1.03 bits per heavy atom. The molecule has 0 unspecified atom stereocenters. The van der Waals surface area contributed by atoms with Crippen LogP contribution in [0.4, 0.5) is 11.6 Å². The van der Waals surface area contributed by atoms with Crippen LogP contribution in [0.3, 0.4) is 0 Å². The van der Waals surface area contributed by atoms with Gasteiger partial charge in [0, 0.05) is 35.4 Å². The molecule has 0 aliphatic heterocycles. The first-order valence-corrected chi connectivity index (χ1v) is 9.69. The Balaban J connectivity index is 1.78. The number of fused-ring (bicyclic) bond motifs is 1. The SMILES string of the molecule is Cc1ccc2c(NC[C@@H](C)O)cccc2c1Oc1ncccc1-c1ccnc(N)n1. The molecule has 2 aromatic heterocycles. The van der Waals surface area contributed by atoms with E-state index in [9.17, 15) is 5.11 Å². The van der Waals surface area contributed by atoms with Gasteiger partial charge in [0.25, 0.3) is 0 Å². The molecule has 7 heteroatoms. The normalized spacial score (nSPS) is 12.0. The van der Waals surface area contributed by atoms with Crippen LogP contribution in [-0.2, 0) is 0 Å². The maximum atomic E-state index is 9.62. The van der Waals surface area contributed by atoms with E-state index in [-0.39, 0.29) is 5.95 Å². The summed E-state index contributed by atoms with van der Waals surface area (Å²) in [5.41, 5.74) is 9.04. The Bertz CT molecular complexity index is 1190. The molecule has 2 aromatic carbocycles. The van der Waals surface area contributed by atoms with Crippen LogP contribution in [-0.4, -0.2) is 32.7 Å². The second-order valence-electron chi connectivity index (χ2n) is 7.10. The average Bonchev–Trinajstić information content (AvgIpc) is 2.74. The molecule has 7 nitrogen and oxygen atoms in total. The summed E-state index contributed by atoms with van der Waals surface area (Å²) in [4.78, 5) is 12.7. The third-order valence-electron chi connectivity index (χ3n) is 4.72. The van der Waals surface area contributed by atoms with Crippen LogP contribution in [0.2, 0.25) is 0 Å². The minimum atomic E-state index is -0.446. The highest BCUT2D eigenvalue weighted by atomic mass is 16.5. The van der Waals surface area contributed by atoms with Gasteiger partial charge in [-0.2, -0.15) is 0 Å². The van der Waals surface area contributed by atoms with E-state index in [4.69, 9.17) is 10.5 Å². The summed E-state index contributed by atoms with van der Waals surface area (Å²) in [7, 11) is 0. The molecule has 0 saturated carbocycles. The maximum absolute atomic E-state index is 9.62. The third-order valence-corrected chi connectivity index (χ3v) is 4.72. The number of aliphatic hydroxyl groups is 1. The molecule has 0 aliphatic rings. The summed E-state index contributed by atoms with van der Waals surface area (Å²) >= 11 is 0. The minimum Gasteiger partial charge on any atom is -0.437 e. The van der Waals surface area contributed by atoms with Crippen molar-refractivity contribution in [2.45, 2.75) is 20.0 Å². The van der Waals surface area contributed by atoms with E-state index in [2.05, 4.69) is 20.3 Å². The van der Waals surface area contributed by atoms with Crippen molar-refractivity contribution >= 4 is 22.4 Å². The van der Waals surface area contributed by atoms with Crippen LogP contribution in [0.15, 0.2) is 60.9 Å². The molecule has 4 N–H and O–H groups in total. The number of nitrogens with one attached hydrogen (secondary N) is 1. The molecular weight excluding hydrogens is 378 g/mol. The molecule has 152 valence electrons. The Hall–Kier alpha value is -3.71. The van der Waals surface area contributed by atoms with E-state index in [0.717, 1.165) is 33.3 Å². The van der Waals surface area contributed by atoms with Crippen LogP contribution in [0.1, 0.15) is 12.5 Å². The van der Waals surface area contributed by atoms with Crippen LogP contribution in [0, 0.1) is 6.92 Å². The van der Waals surface area contributed by atoms with Crippen LogP contribution < -0.4 is 15.8 Å². The summed E-state index contributed by atoms with van der Waals surface area (Å²) in [5, 5.41) is 14.9. The van der Waals surface area contributed by atoms with Gasteiger partial charge >= 0.3 is 0 Å². The maximum Gasteiger partial charge on any atom is 0.228 e. The zero-order valence-electron chi connectivity index (χ0n) is 16.8. The standard InChI is InChI=1S/C23H23N5O2/c1-14-8-9-16-17(5-3-7-19(16)27-13-15(2)29)21(14)30-22-18(6-4-11-25-22)20-10-12-26-23(24)28-20/h3-12,15,27,29H,13H2,1-2H3,(H2,24,26,28)/t15-/m1/s1. The molecule has 0 amide bonds. The van der Waals surface area contributed by atoms with Gasteiger partial charge in [-0.3, -0.25) is 0 Å². The molecule has 0 spiro atoms. The lowest BCUT2D eigenvalue weighted by molar-refractivity contribution is 0.208. The van der Waals surface area contributed by atoms with Gasteiger partial charge in [-0.05, 0) is 43.7 Å². The van der Waals surface area contributed by atoms with E-state index < -0.39 is 6.10 Å². The molecule has 4 rings (SSSR count). The highest BCUT2D eigenvalue weighted by Crippen LogP contribution is 2.38. The molecule has 30 heavy (non-hydrogen) atoms. The monoisotopic (exact) mass is 401 g/mol. The largest absolute Gasteiger partial charge is 0.437 e. The fourth-order valence-corrected chi connectivity index (χ4v) is 3.27. The number of nitrogens with zero attached hydrogens (tertiary/aromatic N) is 3. The second kappa shape index (κ2) is 8.34. The van der Waals surface area contributed by atoms with Crippen LogP contribution in [0.5, 0.6) is 11.6 Å². The Morgan fingerprint density at radius 3 is 2.70 bits per heavy atom. The van der Waals surface area contributed by atoms with E-state index in [1.54, 1.807) is 25.4 Å². The van der Waals surface area contributed by atoms with Gasteiger partial charge < -0.3 is 20.9 Å². The molecular formula is C23H23N5O2. The summed E-state index contributed by atoms with van der Waals surface area (Å²) in [6.07, 6.45) is 2.84. The van der Waals surface area contributed by atoms with Crippen molar-refractivity contribution in [2.24, 2.45) is 0 Å². The van der Waals surface area contributed by atoms with Crippen molar-refractivity contribution in [2.75, 3.05) is 17.6 Å². The fourth-order valence-electron chi connectivity index (χ4n) is 3.27. The molecule has 0 saturated heterocycles. The first kappa shape index (κ1) is 19.6. The Kier molecular flexibility index (Phi) is 5.45. The van der Waals surface area contributed by atoms with Gasteiger partial charge in [0.2, 0.25) is 11.8 Å². The number of ether oxygens (including phenoxy) is 1. The number of hydrogen-bond acceptors (Lipinski definition) is 7. The van der Waals surface area contributed by atoms with Gasteiger partial charge in [-0.1, -0.05) is 24.3 Å². The van der Waals surface area contributed by atoms with Gasteiger partial charge in [0.1, 0.15) is 5.75 Å². The zero-order valence-corrected chi connectivity index (χ0v) is 16.8. The van der Waals surface area contributed by atoms with Gasteiger partial charge in [-0.15, -0.1) is 0 Å². The Morgan fingerprint density at radius 2 is 1.90 bits per heavy atom. The van der Waals surface area contributed by atoms with Crippen molar-refractivity contribution < 1.29 is 9.84 Å². The third kappa shape index (κ3) is 4.01. The van der Waals surface area contributed by atoms with Crippen LogP contribution in [0.25, 0.3) is 22.0 Å². The Labute approximate surface area is 174 Å². The first-order chi connectivity index (χ1) is 14.5. The molecule has 4 aromatic rings. The number of aryl methyl sites for hydroxylation is 1. The summed E-state index contributed by atoms with van der Waals surface area (Å²) in [5.74, 6) is 1.35. The number of anilines is 2. The van der Waals surface area contributed by atoms with Crippen molar-refractivity contribution in [3.05, 3.63) is 66.5 Å². The lowest BCUT2D eigenvalue weighted by atomic mass is 10.0. The fraction of sp³-hybridized carbons (Fsp3) is 0.174. The van der Waals surface area contributed by atoms with E-state index in [0.29, 0.717) is 18.1 Å². The summed E-state index contributed by atoms with van der Waals surface area (Å²) in [6.45, 7) is 4.21. The molecule has 0 radical (unpaired) electrons. The smallest absolute Gasteiger partial charge is 0.228 e. The lowest BCUT2D eigenvalue weighted by Gasteiger charge is -2.16. The quantitative estimate of drug-likeness (QED) is 0.445. The second-order valence-corrected chi connectivity index (χ2v) is 7.10. The molecule has 0 bridgehead atoms. The number of hydrogen-bond donors (Lipinski definition) is 3. The predicted octanol–water partition coefficient (Wildman–Crippen LogP) is 4.17. The van der Waals surface area contributed by atoms with E-state index >= 15 is 0 Å². The first-order valence-electron chi connectivity index (χ1n) is 9.69. The van der Waals surface area contributed by atoms with E-state index in [1.807, 2.05) is 49.4 Å². The lowest BCUT2D eigenvalue weighted by Crippen LogP contribution is -2.15. The number of aliphatic hydroxyl groups excluding tert-OH is 1. The number of aromatic nitrogens is 3.